The summed E-state index contributed by atoms with van der Waals surface area (Å²) in [6.45, 7) is 0.731. The van der Waals surface area contributed by atoms with E-state index < -0.39 is 0 Å². The van der Waals surface area contributed by atoms with Crippen molar-refractivity contribution >= 4 is 5.91 Å². The van der Waals surface area contributed by atoms with Crippen LogP contribution in [0, 0.1) is 0 Å². The smallest absolute Gasteiger partial charge is 0.254 e. The molecule has 4 rings (SSSR count). The van der Waals surface area contributed by atoms with E-state index >= 15 is 0 Å². The third-order valence-corrected chi connectivity index (χ3v) is 5.43. The van der Waals surface area contributed by atoms with Crippen molar-refractivity contribution in [1.29, 1.82) is 0 Å². The van der Waals surface area contributed by atoms with Crippen molar-refractivity contribution in [2.75, 3.05) is 0 Å². The van der Waals surface area contributed by atoms with E-state index in [1.807, 2.05) is 18.2 Å². The second-order valence-electron chi connectivity index (χ2n) is 6.82. The lowest BCUT2D eigenvalue weighted by Crippen LogP contribution is -2.47. The Morgan fingerprint density at radius 1 is 0.870 bits per heavy atom. The minimum Gasteiger partial charge on any atom is -0.331 e. The first-order valence-corrected chi connectivity index (χ1v) is 8.78. The van der Waals surface area contributed by atoms with Gasteiger partial charge in [0.25, 0.3) is 5.91 Å². The van der Waals surface area contributed by atoms with Gasteiger partial charge in [-0.15, -0.1) is 0 Å². The molecular weight excluding hydrogens is 282 g/mol. The van der Waals surface area contributed by atoms with Crippen molar-refractivity contribution in [1.82, 2.24) is 4.90 Å². The average Bonchev–Trinajstić information content (AvgIpc) is 2.86. The zero-order valence-electron chi connectivity index (χ0n) is 13.4. The summed E-state index contributed by atoms with van der Waals surface area (Å²) in [6, 6.07) is 19.0. The van der Waals surface area contributed by atoms with E-state index in [9.17, 15) is 4.79 Å². The second-order valence-corrected chi connectivity index (χ2v) is 6.82. The molecule has 0 bridgehead atoms. The number of fused-ring (bicyclic) bond motifs is 3. The molecule has 1 aliphatic carbocycles. The van der Waals surface area contributed by atoms with E-state index in [2.05, 4.69) is 41.3 Å². The molecule has 2 atom stereocenters. The summed E-state index contributed by atoms with van der Waals surface area (Å²) in [5.74, 6) is 0.725. The highest BCUT2D eigenvalue weighted by molar-refractivity contribution is 5.97. The van der Waals surface area contributed by atoms with Crippen LogP contribution in [-0.2, 0) is 6.54 Å². The van der Waals surface area contributed by atoms with Crippen molar-refractivity contribution in [3.8, 4) is 0 Å². The molecule has 2 heteroatoms. The van der Waals surface area contributed by atoms with Crippen molar-refractivity contribution in [2.45, 2.75) is 50.6 Å². The third kappa shape index (κ3) is 2.67. The highest BCUT2D eigenvalue weighted by Crippen LogP contribution is 2.41. The normalized spacial score (nSPS) is 23.8. The fraction of sp³-hybridized carbons (Fsp3) is 0.381. The Balaban J connectivity index is 1.74. The molecule has 1 amide bonds. The summed E-state index contributed by atoms with van der Waals surface area (Å²) < 4.78 is 0. The number of carbonyl (C=O) groups is 1. The average molecular weight is 305 g/mol. The third-order valence-electron chi connectivity index (χ3n) is 5.43. The number of hydrogen-bond donors (Lipinski definition) is 0. The van der Waals surface area contributed by atoms with Crippen LogP contribution in [0.4, 0.5) is 0 Å². The quantitative estimate of drug-likeness (QED) is 0.783. The Morgan fingerprint density at radius 3 is 2.48 bits per heavy atom. The molecule has 0 unspecified atom stereocenters. The first-order chi connectivity index (χ1) is 11.3. The molecular formula is C21H23NO. The van der Waals surface area contributed by atoms with Crippen LogP contribution in [0.15, 0.2) is 54.6 Å². The largest absolute Gasteiger partial charge is 0.331 e. The van der Waals surface area contributed by atoms with Gasteiger partial charge in [0, 0.05) is 24.1 Å². The van der Waals surface area contributed by atoms with Gasteiger partial charge in [-0.3, -0.25) is 4.79 Å². The first kappa shape index (κ1) is 14.5. The summed E-state index contributed by atoms with van der Waals surface area (Å²) in [6.07, 6.45) is 6.16. The van der Waals surface area contributed by atoms with Gasteiger partial charge in [0.15, 0.2) is 0 Å². The van der Waals surface area contributed by atoms with Crippen LogP contribution in [0.5, 0.6) is 0 Å². The highest BCUT2D eigenvalue weighted by atomic mass is 16.2. The number of benzene rings is 2. The first-order valence-electron chi connectivity index (χ1n) is 8.78. The van der Waals surface area contributed by atoms with E-state index in [0.29, 0.717) is 12.0 Å². The highest BCUT2D eigenvalue weighted by Gasteiger charge is 2.39. The number of carbonyl (C=O) groups excluding carboxylic acids is 1. The topological polar surface area (TPSA) is 20.3 Å². The van der Waals surface area contributed by atoms with Gasteiger partial charge >= 0.3 is 0 Å². The van der Waals surface area contributed by atoms with Gasteiger partial charge in [-0.1, -0.05) is 67.8 Å². The molecule has 2 aromatic rings. The molecule has 23 heavy (non-hydrogen) atoms. The Bertz CT molecular complexity index is 694. The van der Waals surface area contributed by atoms with Gasteiger partial charge in [-0.2, -0.15) is 0 Å². The zero-order chi connectivity index (χ0) is 15.6. The standard InChI is InChI=1S/C21H23NO/c23-21-19-13-8-7-11-17(19)18-12-5-2-6-14-20(18)22(21)15-16-9-3-1-4-10-16/h1,3-4,7-11,13,18,20H,2,5-6,12,14-15H2/t18-,20+/m1/s1. The molecule has 118 valence electrons. The Kier molecular flexibility index (Phi) is 3.90. The monoisotopic (exact) mass is 305 g/mol. The fourth-order valence-corrected chi connectivity index (χ4v) is 4.31. The predicted molar refractivity (Wildman–Crippen MR) is 92.4 cm³/mol. The molecule has 0 spiro atoms. The molecule has 1 aliphatic heterocycles. The summed E-state index contributed by atoms with van der Waals surface area (Å²) in [7, 11) is 0. The minimum atomic E-state index is 0.215. The Labute approximate surface area is 138 Å². The van der Waals surface area contributed by atoms with Crippen LogP contribution in [-0.4, -0.2) is 16.8 Å². The Hall–Kier alpha value is -2.09. The van der Waals surface area contributed by atoms with Crippen LogP contribution >= 0.6 is 0 Å². The maximum atomic E-state index is 13.1. The van der Waals surface area contributed by atoms with Crippen molar-refractivity contribution in [3.63, 3.8) is 0 Å². The van der Waals surface area contributed by atoms with E-state index in [4.69, 9.17) is 0 Å². The van der Waals surface area contributed by atoms with E-state index in [-0.39, 0.29) is 5.91 Å². The lowest BCUT2D eigenvalue weighted by Gasteiger charge is -2.42. The predicted octanol–water partition coefficient (Wildman–Crippen LogP) is 4.76. The van der Waals surface area contributed by atoms with Gasteiger partial charge in [-0.25, -0.2) is 0 Å². The molecule has 0 aromatic heterocycles. The Morgan fingerprint density at radius 2 is 1.61 bits per heavy atom. The van der Waals surface area contributed by atoms with Crippen LogP contribution in [0.1, 0.15) is 59.5 Å². The molecule has 0 saturated heterocycles. The lowest BCUT2D eigenvalue weighted by molar-refractivity contribution is 0.0578. The van der Waals surface area contributed by atoms with Gasteiger partial charge < -0.3 is 4.90 Å². The van der Waals surface area contributed by atoms with Gasteiger partial charge in [0.05, 0.1) is 0 Å². The van der Waals surface area contributed by atoms with Gasteiger partial charge in [0.1, 0.15) is 0 Å². The number of amides is 1. The molecule has 0 radical (unpaired) electrons. The van der Waals surface area contributed by atoms with E-state index in [1.54, 1.807) is 0 Å². The second kappa shape index (κ2) is 6.19. The van der Waals surface area contributed by atoms with Gasteiger partial charge in [-0.05, 0) is 30.0 Å². The maximum Gasteiger partial charge on any atom is 0.254 e. The fourth-order valence-electron chi connectivity index (χ4n) is 4.31. The summed E-state index contributed by atoms with van der Waals surface area (Å²) in [5, 5.41) is 0. The van der Waals surface area contributed by atoms with Crippen molar-refractivity contribution in [2.24, 2.45) is 0 Å². The number of nitrogens with zero attached hydrogens (tertiary/aromatic N) is 1. The minimum absolute atomic E-state index is 0.215. The van der Waals surface area contributed by atoms with E-state index in [0.717, 1.165) is 18.5 Å². The number of rotatable bonds is 2. The molecule has 2 nitrogen and oxygen atoms in total. The molecule has 2 aliphatic rings. The van der Waals surface area contributed by atoms with Crippen LogP contribution in [0.3, 0.4) is 0 Å². The van der Waals surface area contributed by atoms with Crippen LogP contribution in [0.25, 0.3) is 0 Å². The molecule has 1 saturated carbocycles. The summed E-state index contributed by atoms with van der Waals surface area (Å²) >= 11 is 0. The molecule has 0 N–H and O–H groups in total. The van der Waals surface area contributed by atoms with Crippen molar-refractivity contribution < 1.29 is 4.79 Å². The lowest BCUT2D eigenvalue weighted by atomic mass is 9.80. The summed E-state index contributed by atoms with van der Waals surface area (Å²) in [5.41, 5.74) is 3.43. The van der Waals surface area contributed by atoms with Crippen LogP contribution < -0.4 is 0 Å². The van der Waals surface area contributed by atoms with Crippen molar-refractivity contribution in [3.05, 3.63) is 71.3 Å². The molecule has 2 aromatic carbocycles. The SMILES string of the molecule is O=C1c2ccccc2[C@H]2CCCCC[C@@H]2N1Cc1ccccc1. The number of hydrogen-bond acceptors (Lipinski definition) is 1. The zero-order valence-corrected chi connectivity index (χ0v) is 13.4. The maximum absolute atomic E-state index is 13.1. The van der Waals surface area contributed by atoms with Gasteiger partial charge in [0.2, 0.25) is 0 Å². The van der Waals surface area contributed by atoms with Crippen LogP contribution in [0.2, 0.25) is 0 Å². The summed E-state index contributed by atoms with van der Waals surface area (Å²) in [4.78, 5) is 15.3. The molecule has 1 heterocycles. The molecule has 1 fully saturated rings. The van der Waals surface area contributed by atoms with E-state index in [1.165, 1.54) is 36.8 Å².